The van der Waals surface area contributed by atoms with Gasteiger partial charge in [0.25, 0.3) is 17.7 Å². The van der Waals surface area contributed by atoms with Crippen LogP contribution in [-0.4, -0.2) is 42.9 Å². The number of amides is 1. The molecule has 36 heavy (non-hydrogen) atoms. The average molecular weight is 525 g/mol. The number of nitrogens with zero attached hydrogens (tertiary/aromatic N) is 4. The zero-order valence-electron chi connectivity index (χ0n) is 18.6. The Labute approximate surface area is 201 Å². The molecular formula is C21H15F4N5O5S. The fourth-order valence-electron chi connectivity index (χ4n) is 2.97. The average Bonchev–Trinajstić information content (AvgIpc) is 2.78. The molecule has 0 aliphatic rings. The van der Waals surface area contributed by atoms with Crippen LogP contribution in [0.4, 0.5) is 23.2 Å². The van der Waals surface area contributed by atoms with E-state index in [1.807, 2.05) is 0 Å². The van der Waals surface area contributed by atoms with Gasteiger partial charge in [-0.25, -0.2) is 12.8 Å². The van der Waals surface area contributed by atoms with Crippen molar-refractivity contribution in [2.24, 2.45) is 0 Å². The molecule has 0 aliphatic carbocycles. The predicted molar refractivity (Wildman–Crippen MR) is 115 cm³/mol. The highest BCUT2D eigenvalue weighted by atomic mass is 32.2. The fourth-order valence-corrected chi connectivity index (χ4v) is 3.64. The summed E-state index contributed by atoms with van der Waals surface area (Å²) in [7, 11) is -2.59. The quantitative estimate of drug-likeness (QED) is 0.477. The van der Waals surface area contributed by atoms with Crippen LogP contribution >= 0.6 is 0 Å². The molecule has 0 atom stereocenters. The molecule has 0 fully saturated rings. The Kier molecular flexibility index (Phi) is 7.11. The summed E-state index contributed by atoms with van der Waals surface area (Å²) in [5.74, 6) is -4.50. The monoisotopic (exact) mass is 525 g/mol. The predicted octanol–water partition coefficient (Wildman–Crippen LogP) is 3.67. The van der Waals surface area contributed by atoms with Crippen LogP contribution in [-0.2, 0) is 16.0 Å². The maximum absolute atomic E-state index is 14.6. The molecule has 0 radical (unpaired) electrons. The molecule has 0 unspecified atom stereocenters. The first-order chi connectivity index (χ1) is 16.8. The Hall–Kier alpha value is -4.32. The van der Waals surface area contributed by atoms with Crippen LogP contribution in [0.3, 0.4) is 0 Å². The van der Waals surface area contributed by atoms with Gasteiger partial charge >= 0.3 is 6.18 Å². The number of carbonyl (C=O) groups is 1. The lowest BCUT2D eigenvalue weighted by Crippen LogP contribution is -2.21. The largest absolute Gasteiger partial charge is 0.478 e. The summed E-state index contributed by atoms with van der Waals surface area (Å²) < 4.78 is 88.7. The number of sulfone groups is 1. The number of hydrogen-bond donors (Lipinski definition) is 1. The molecule has 15 heteroatoms. The number of carbonyl (C=O) groups excluding carboxylic acids is 1. The minimum Gasteiger partial charge on any atom is -0.478 e. The van der Waals surface area contributed by atoms with E-state index in [0.29, 0.717) is 6.07 Å². The van der Waals surface area contributed by atoms with Gasteiger partial charge in [-0.1, -0.05) is 6.07 Å². The lowest BCUT2D eigenvalue weighted by atomic mass is 10.1. The maximum atomic E-state index is 14.6. The summed E-state index contributed by atoms with van der Waals surface area (Å²) in [4.78, 5) is 16.6. The van der Waals surface area contributed by atoms with Crippen LogP contribution in [0.5, 0.6) is 17.5 Å². The van der Waals surface area contributed by atoms with Gasteiger partial charge < -0.3 is 14.8 Å². The second kappa shape index (κ2) is 9.74. The van der Waals surface area contributed by atoms with E-state index in [2.05, 4.69) is 20.5 Å². The first kappa shape index (κ1) is 26.3. The van der Waals surface area contributed by atoms with Gasteiger partial charge in [0.15, 0.2) is 21.3 Å². The molecule has 1 N–H and O–H groups in total. The van der Waals surface area contributed by atoms with Crippen molar-refractivity contribution in [1.82, 2.24) is 15.2 Å². The zero-order valence-corrected chi connectivity index (χ0v) is 19.5. The summed E-state index contributed by atoms with van der Waals surface area (Å²) in [6.07, 6.45) is -4.07. The molecule has 1 aromatic carbocycles. The van der Waals surface area contributed by atoms with Crippen molar-refractivity contribution < 1.29 is 40.2 Å². The van der Waals surface area contributed by atoms with Crippen molar-refractivity contribution in [2.75, 3.05) is 18.7 Å². The number of nitriles is 1. The maximum Gasteiger partial charge on any atom is 0.435 e. The van der Waals surface area contributed by atoms with Crippen LogP contribution in [0, 0.1) is 24.1 Å². The van der Waals surface area contributed by atoms with Crippen LogP contribution in [0.15, 0.2) is 35.2 Å². The lowest BCUT2D eigenvalue weighted by Gasteiger charge is -2.17. The van der Waals surface area contributed by atoms with Gasteiger partial charge in [0.2, 0.25) is 5.75 Å². The molecule has 0 saturated carbocycles. The molecule has 2 heterocycles. The van der Waals surface area contributed by atoms with E-state index in [1.54, 1.807) is 6.07 Å². The second-order valence-corrected chi connectivity index (χ2v) is 9.16. The Morgan fingerprint density at radius 2 is 1.86 bits per heavy atom. The SMILES string of the molecule is COc1nc(C#N)cc(F)c1Oc1nnc(C(F)(F)F)c(C)c1C(=O)Nc1cccc(S(C)(=O)=O)c1. The number of halogens is 4. The smallest absolute Gasteiger partial charge is 0.435 e. The molecular weight excluding hydrogens is 510 g/mol. The molecule has 0 saturated heterocycles. The molecule has 188 valence electrons. The van der Waals surface area contributed by atoms with Crippen molar-refractivity contribution in [3.05, 3.63) is 58.7 Å². The van der Waals surface area contributed by atoms with Crippen LogP contribution in [0.25, 0.3) is 0 Å². The Balaban J connectivity index is 2.14. The van der Waals surface area contributed by atoms with Gasteiger partial charge in [-0.2, -0.15) is 23.4 Å². The first-order valence-electron chi connectivity index (χ1n) is 9.64. The summed E-state index contributed by atoms with van der Waals surface area (Å²) in [5, 5.41) is 17.6. The third-order valence-electron chi connectivity index (χ3n) is 4.60. The summed E-state index contributed by atoms with van der Waals surface area (Å²) in [6.45, 7) is 0.927. The summed E-state index contributed by atoms with van der Waals surface area (Å²) in [6, 6.07) is 7.23. The van der Waals surface area contributed by atoms with Crippen molar-refractivity contribution in [3.63, 3.8) is 0 Å². The minimum atomic E-state index is -5.00. The number of benzene rings is 1. The number of nitrogens with one attached hydrogen (secondary N) is 1. The Morgan fingerprint density at radius 1 is 1.17 bits per heavy atom. The van der Waals surface area contributed by atoms with E-state index in [4.69, 9.17) is 14.7 Å². The molecule has 0 bridgehead atoms. The van der Waals surface area contributed by atoms with Gasteiger partial charge in [0, 0.05) is 18.0 Å². The Bertz CT molecular complexity index is 1500. The highest BCUT2D eigenvalue weighted by Crippen LogP contribution is 2.37. The van der Waals surface area contributed by atoms with Gasteiger partial charge in [0.05, 0.1) is 12.0 Å². The number of methoxy groups -OCH3 is 1. The molecule has 2 aromatic heterocycles. The van der Waals surface area contributed by atoms with Crippen molar-refractivity contribution in [1.29, 1.82) is 5.26 Å². The van der Waals surface area contributed by atoms with E-state index in [0.717, 1.165) is 26.4 Å². The fraction of sp³-hybridized carbons (Fsp3) is 0.190. The standard InChI is InChI=1S/C21H15F4N5O5S/c1-10-15(18(31)27-11-5-4-6-13(7-11)36(3,32)33)19(30-29-17(10)21(23,24)25)35-16-14(22)8-12(9-26)28-20(16)34-2/h4-8H,1-3H3,(H,27,31). The Morgan fingerprint density at radius 3 is 2.44 bits per heavy atom. The van der Waals surface area contributed by atoms with Crippen LogP contribution in [0.2, 0.25) is 0 Å². The van der Waals surface area contributed by atoms with Gasteiger partial charge in [-0.05, 0) is 30.7 Å². The highest BCUT2D eigenvalue weighted by molar-refractivity contribution is 7.90. The van der Waals surface area contributed by atoms with Gasteiger partial charge in [-0.15, -0.1) is 10.2 Å². The number of anilines is 1. The van der Waals surface area contributed by atoms with E-state index in [9.17, 15) is 30.8 Å². The molecule has 1 amide bonds. The number of rotatable bonds is 6. The van der Waals surface area contributed by atoms with E-state index in [1.165, 1.54) is 18.2 Å². The first-order valence-corrected chi connectivity index (χ1v) is 11.5. The van der Waals surface area contributed by atoms with Crippen LogP contribution < -0.4 is 14.8 Å². The summed E-state index contributed by atoms with van der Waals surface area (Å²) >= 11 is 0. The number of ether oxygens (including phenoxy) is 2. The second-order valence-electron chi connectivity index (χ2n) is 7.15. The van der Waals surface area contributed by atoms with Crippen molar-refractivity contribution in [2.45, 2.75) is 18.0 Å². The third-order valence-corrected chi connectivity index (χ3v) is 5.71. The van der Waals surface area contributed by atoms with E-state index >= 15 is 0 Å². The zero-order chi connectivity index (χ0) is 26.8. The minimum absolute atomic E-state index is 0.0672. The van der Waals surface area contributed by atoms with Crippen molar-refractivity contribution in [3.8, 4) is 23.6 Å². The van der Waals surface area contributed by atoms with Gasteiger partial charge in [0.1, 0.15) is 17.3 Å². The number of aromatic nitrogens is 3. The molecule has 10 nitrogen and oxygen atoms in total. The number of hydrogen-bond acceptors (Lipinski definition) is 9. The molecule has 0 aliphatic heterocycles. The molecule has 0 spiro atoms. The normalized spacial score (nSPS) is 11.5. The topological polar surface area (TPSA) is 144 Å². The molecule has 3 aromatic rings. The van der Waals surface area contributed by atoms with Gasteiger partial charge in [-0.3, -0.25) is 4.79 Å². The highest BCUT2D eigenvalue weighted by Gasteiger charge is 2.38. The van der Waals surface area contributed by atoms with E-state index in [-0.39, 0.29) is 16.3 Å². The number of alkyl halides is 3. The van der Waals surface area contributed by atoms with Crippen molar-refractivity contribution >= 4 is 21.4 Å². The third kappa shape index (κ3) is 5.49. The van der Waals surface area contributed by atoms with E-state index < -0.39 is 62.1 Å². The van der Waals surface area contributed by atoms with Crippen LogP contribution in [0.1, 0.15) is 27.3 Å². The molecule has 3 rings (SSSR count). The lowest BCUT2D eigenvalue weighted by molar-refractivity contribution is -0.142. The number of pyridine rings is 1. The summed E-state index contributed by atoms with van der Waals surface area (Å²) in [5.41, 5.74) is -3.43.